The normalized spacial score (nSPS) is 52.6. The van der Waals surface area contributed by atoms with Gasteiger partial charge in [0.15, 0.2) is 0 Å². The van der Waals surface area contributed by atoms with E-state index in [-0.39, 0.29) is 5.92 Å². The summed E-state index contributed by atoms with van der Waals surface area (Å²) in [4.78, 5) is 0. The first kappa shape index (κ1) is 8.93. The van der Waals surface area contributed by atoms with Crippen molar-refractivity contribution < 1.29 is 20.4 Å². The third-order valence-corrected chi connectivity index (χ3v) is 2.29. The number of hydrogen-bond acceptors (Lipinski definition) is 4. The van der Waals surface area contributed by atoms with Crippen molar-refractivity contribution in [3.63, 3.8) is 0 Å². The Kier molecular flexibility index (Phi) is 2.49. The topological polar surface area (TPSA) is 80.9 Å². The fourth-order valence-electron chi connectivity index (χ4n) is 1.43. The molecule has 1 aliphatic rings. The van der Waals surface area contributed by atoms with Crippen LogP contribution in [0.15, 0.2) is 0 Å². The molecule has 66 valence electrons. The van der Waals surface area contributed by atoms with Crippen LogP contribution >= 0.6 is 0 Å². The second kappa shape index (κ2) is 3.06. The van der Waals surface area contributed by atoms with Gasteiger partial charge in [0.05, 0.1) is 12.2 Å². The Labute approximate surface area is 65.1 Å². The summed E-state index contributed by atoms with van der Waals surface area (Å²) >= 11 is 0. The second-order valence-corrected chi connectivity index (χ2v) is 3.25. The molecule has 0 amide bonds. The molecular formula is C7H14O4. The highest BCUT2D eigenvalue weighted by Crippen LogP contribution is 2.24. The van der Waals surface area contributed by atoms with Gasteiger partial charge in [-0.05, 0) is 12.3 Å². The van der Waals surface area contributed by atoms with Crippen LogP contribution in [0.5, 0.6) is 0 Å². The molecule has 0 unspecified atom stereocenters. The summed E-state index contributed by atoms with van der Waals surface area (Å²) in [6, 6.07) is 0. The summed E-state index contributed by atoms with van der Waals surface area (Å²) in [6.45, 7) is 1.73. The zero-order chi connectivity index (χ0) is 8.59. The van der Waals surface area contributed by atoms with Gasteiger partial charge in [0.1, 0.15) is 12.2 Å². The standard InChI is InChI=1S/C7H14O4/c1-3-2-4(8)6(10)7(11)5(3)9/h3-11H,2H2,1H3/t3-,4+,5-,6+,7-/m1/s1. The Morgan fingerprint density at radius 3 is 2.00 bits per heavy atom. The van der Waals surface area contributed by atoms with Crippen molar-refractivity contribution in [2.45, 2.75) is 37.8 Å². The first-order chi connectivity index (χ1) is 5.04. The van der Waals surface area contributed by atoms with Gasteiger partial charge < -0.3 is 20.4 Å². The molecule has 5 atom stereocenters. The van der Waals surface area contributed by atoms with E-state index in [0.29, 0.717) is 6.42 Å². The SMILES string of the molecule is C[C@@H]1C[C@H](O)[C@H](O)[C@H](O)[C@@H]1O. The van der Waals surface area contributed by atoms with Crippen molar-refractivity contribution in [3.05, 3.63) is 0 Å². The highest BCUT2D eigenvalue weighted by molar-refractivity contribution is 4.90. The Balaban J connectivity index is 2.63. The first-order valence-corrected chi connectivity index (χ1v) is 3.76. The number of rotatable bonds is 0. The van der Waals surface area contributed by atoms with E-state index in [9.17, 15) is 5.11 Å². The molecule has 0 aromatic rings. The number of hydrogen-bond donors (Lipinski definition) is 4. The third kappa shape index (κ3) is 1.54. The van der Waals surface area contributed by atoms with E-state index in [1.54, 1.807) is 6.92 Å². The van der Waals surface area contributed by atoms with E-state index in [4.69, 9.17) is 15.3 Å². The van der Waals surface area contributed by atoms with Gasteiger partial charge in [0.2, 0.25) is 0 Å². The fraction of sp³-hybridized carbons (Fsp3) is 1.00. The van der Waals surface area contributed by atoms with E-state index in [2.05, 4.69) is 0 Å². The second-order valence-electron chi connectivity index (χ2n) is 3.25. The Morgan fingerprint density at radius 1 is 0.909 bits per heavy atom. The minimum absolute atomic E-state index is 0.164. The molecule has 0 heterocycles. The molecule has 0 saturated heterocycles. The Bertz CT molecular complexity index is 124. The molecular weight excluding hydrogens is 148 g/mol. The summed E-state index contributed by atoms with van der Waals surface area (Å²) in [5.41, 5.74) is 0. The van der Waals surface area contributed by atoms with E-state index in [1.165, 1.54) is 0 Å². The monoisotopic (exact) mass is 162 g/mol. The van der Waals surface area contributed by atoms with Crippen molar-refractivity contribution >= 4 is 0 Å². The maximum atomic E-state index is 9.21. The lowest BCUT2D eigenvalue weighted by Crippen LogP contribution is -2.52. The van der Waals surface area contributed by atoms with Crippen LogP contribution in [0.4, 0.5) is 0 Å². The summed E-state index contributed by atoms with van der Waals surface area (Å²) in [5.74, 6) is -0.164. The zero-order valence-corrected chi connectivity index (χ0v) is 6.38. The van der Waals surface area contributed by atoms with E-state index in [0.717, 1.165) is 0 Å². The van der Waals surface area contributed by atoms with Crippen LogP contribution in [-0.4, -0.2) is 44.8 Å². The van der Waals surface area contributed by atoms with Crippen LogP contribution in [0.1, 0.15) is 13.3 Å². The van der Waals surface area contributed by atoms with Gasteiger partial charge in [0, 0.05) is 0 Å². The van der Waals surface area contributed by atoms with Gasteiger partial charge in [-0.1, -0.05) is 6.92 Å². The molecule has 1 saturated carbocycles. The largest absolute Gasteiger partial charge is 0.390 e. The van der Waals surface area contributed by atoms with Gasteiger partial charge >= 0.3 is 0 Å². The van der Waals surface area contributed by atoms with Crippen molar-refractivity contribution in [2.75, 3.05) is 0 Å². The van der Waals surface area contributed by atoms with Gasteiger partial charge in [-0.2, -0.15) is 0 Å². The molecule has 0 aliphatic heterocycles. The van der Waals surface area contributed by atoms with E-state index < -0.39 is 24.4 Å². The van der Waals surface area contributed by atoms with Crippen molar-refractivity contribution in [1.82, 2.24) is 0 Å². The Morgan fingerprint density at radius 2 is 1.45 bits per heavy atom. The molecule has 4 N–H and O–H groups in total. The molecule has 0 aromatic heterocycles. The molecule has 0 spiro atoms. The highest BCUT2D eigenvalue weighted by Gasteiger charge is 2.39. The quantitative estimate of drug-likeness (QED) is 0.348. The molecule has 0 bridgehead atoms. The average molecular weight is 162 g/mol. The first-order valence-electron chi connectivity index (χ1n) is 3.76. The van der Waals surface area contributed by atoms with Crippen molar-refractivity contribution in [1.29, 1.82) is 0 Å². The Hall–Kier alpha value is -0.160. The van der Waals surface area contributed by atoms with Crippen LogP contribution < -0.4 is 0 Å². The molecule has 4 heteroatoms. The van der Waals surface area contributed by atoms with Crippen LogP contribution in [0.3, 0.4) is 0 Å². The lowest BCUT2D eigenvalue weighted by molar-refractivity contribution is -0.154. The average Bonchev–Trinajstić information content (AvgIpc) is 1.97. The van der Waals surface area contributed by atoms with Crippen LogP contribution in [0.25, 0.3) is 0 Å². The van der Waals surface area contributed by atoms with Crippen molar-refractivity contribution in [2.24, 2.45) is 5.92 Å². The van der Waals surface area contributed by atoms with Gasteiger partial charge in [-0.15, -0.1) is 0 Å². The maximum absolute atomic E-state index is 9.21. The van der Waals surface area contributed by atoms with Crippen LogP contribution in [-0.2, 0) is 0 Å². The molecule has 1 fully saturated rings. The summed E-state index contributed by atoms with van der Waals surface area (Å²) in [5, 5.41) is 36.5. The number of aliphatic hydroxyl groups is 4. The summed E-state index contributed by atoms with van der Waals surface area (Å²) in [7, 11) is 0. The lowest BCUT2D eigenvalue weighted by atomic mass is 9.82. The predicted octanol–water partition coefficient (Wildman–Crippen LogP) is -1.53. The molecule has 11 heavy (non-hydrogen) atoms. The summed E-state index contributed by atoms with van der Waals surface area (Å²) < 4.78 is 0. The van der Waals surface area contributed by atoms with Crippen molar-refractivity contribution in [3.8, 4) is 0 Å². The lowest BCUT2D eigenvalue weighted by Gasteiger charge is -2.36. The van der Waals surface area contributed by atoms with Crippen LogP contribution in [0, 0.1) is 5.92 Å². The fourth-order valence-corrected chi connectivity index (χ4v) is 1.43. The van der Waals surface area contributed by atoms with Gasteiger partial charge in [-0.25, -0.2) is 0 Å². The third-order valence-electron chi connectivity index (χ3n) is 2.29. The van der Waals surface area contributed by atoms with Crippen LogP contribution in [0.2, 0.25) is 0 Å². The van der Waals surface area contributed by atoms with Gasteiger partial charge in [0.25, 0.3) is 0 Å². The van der Waals surface area contributed by atoms with E-state index >= 15 is 0 Å². The zero-order valence-electron chi connectivity index (χ0n) is 6.38. The van der Waals surface area contributed by atoms with Gasteiger partial charge in [-0.3, -0.25) is 0 Å². The summed E-state index contributed by atoms with van der Waals surface area (Å²) in [6.07, 6.45) is -3.92. The minimum atomic E-state index is -1.21. The van der Waals surface area contributed by atoms with E-state index in [1.807, 2.05) is 0 Å². The maximum Gasteiger partial charge on any atom is 0.108 e. The number of aliphatic hydroxyl groups excluding tert-OH is 4. The predicted molar refractivity (Wildman–Crippen MR) is 37.8 cm³/mol. The molecule has 4 nitrogen and oxygen atoms in total. The molecule has 1 rings (SSSR count). The smallest absolute Gasteiger partial charge is 0.108 e. The molecule has 1 aliphatic carbocycles. The molecule has 0 aromatic carbocycles. The molecule has 0 radical (unpaired) electrons. The highest BCUT2D eigenvalue weighted by atomic mass is 16.4. The minimum Gasteiger partial charge on any atom is -0.390 e.